The van der Waals surface area contributed by atoms with Crippen LogP contribution in [0.15, 0.2) is 30.7 Å². The summed E-state index contributed by atoms with van der Waals surface area (Å²) in [6.45, 7) is 2.90. The third kappa shape index (κ3) is 3.56. The van der Waals surface area contributed by atoms with Crippen LogP contribution in [0.4, 0.5) is 5.95 Å². The zero-order valence-electron chi connectivity index (χ0n) is 9.93. The Hall–Kier alpha value is -1.88. The molecule has 0 aliphatic rings. The summed E-state index contributed by atoms with van der Waals surface area (Å²) in [7, 11) is 0. The van der Waals surface area contributed by atoms with E-state index in [4.69, 9.17) is 16.3 Å². The number of ether oxygens (including phenoxy) is 1. The second kappa shape index (κ2) is 6.16. The van der Waals surface area contributed by atoms with Gasteiger partial charge in [0.05, 0.1) is 11.2 Å². The molecule has 6 heteroatoms. The van der Waals surface area contributed by atoms with Crippen molar-refractivity contribution in [2.45, 2.75) is 13.3 Å². The first-order valence-corrected chi connectivity index (χ1v) is 6.01. The highest BCUT2D eigenvalue weighted by atomic mass is 35.5. The maximum atomic E-state index is 5.82. The van der Waals surface area contributed by atoms with Crippen LogP contribution in [0.25, 0.3) is 0 Å². The highest BCUT2D eigenvalue weighted by Crippen LogP contribution is 2.21. The Kier molecular flexibility index (Phi) is 4.30. The van der Waals surface area contributed by atoms with Crippen molar-refractivity contribution in [3.05, 3.63) is 35.7 Å². The fourth-order valence-corrected chi connectivity index (χ4v) is 1.45. The molecule has 94 valence electrons. The lowest BCUT2D eigenvalue weighted by molar-refractivity contribution is 0.460. The number of nitrogens with zero attached hydrogens (tertiary/aromatic N) is 3. The van der Waals surface area contributed by atoms with Gasteiger partial charge in [0.15, 0.2) is 0 Å². The first kappa shape index (κ1) is 12.6. The molecule has 0 aliphatic carbocycles. The Balaban J connectivity index is 2.09. The molecule has 0 unspecified atom stereocenters. The summed E-state index contributed by atoms with van der Waals surface area (Å²) in [6, 6.07) is 3.35. The predicted octanol–water partition coefficient (Wildman–Crippen LogP) is 3.14. The van der Waals surface area contributed by atoms with Crippen LogP contribution in [0, 0.1) is 0 Å². The third-order valence-electron chi connectivity index (χ3n) is 2.07. The fraction of sp³-hybridized carbons (Fsp3) is 0.250. The van der Waals surface area contributed by atoms with E-state index in [1.54, 1.807) is 30.7 Å². The highest BCUT2D eigenvalue weighted by Gasteiger charge is 2.02. The molecule has 0 atom stereocenters. The van der Waals surface area contributed by atoms with Gasteiger partial charge in [-0.15, -0.1) is 0 Å². The monoisotopic (exact) mass is 264 g/mol. The van der Waals surface area contributed by atoms with Crippen LogP contribution < -0.4 is 10.1 Å². The van der Waals surface area contributed by atoms with E-state index in [0.717, 1.165) is 13.0 Å². The fourth-order valence-electron chi connectivity index (χ4n) is 1.29. The Morgan fingerprint density at radius 2 is 2.28 bits per heavy atom. The van der Waals surface area contributed by atoms with E-state index in [0.29, 0.717) is 22.6 Å². The van der Waals surface area contributed by atoms with Crippen LogP contribution in [0.2, 0.25) is 5.02 Å². The molecule has 18 heavy (non-hydrogen) atoms. The average molecular weight is 265 g/mol. The van der Waals surface area contributed by atoms with Gasteiger partial charge < -0.3 is 10.1 Å². The minimum Gasteiger partial charge on any atom is -0.437 e. The molecule has 2 rings (SSSR count). The van der Waals surface area contributed by atoms with Gasteiger partial charge >= 0.3 is 0 Å². The zero-order valence-corrected chi connectivity index (χ0v) is 10.7. The van der Waals surface area contributed by atoms with Gasteiger partial charge in [0, 0.05) is 31.1 Å². The van der Waals surface area contributed by atoms with Crippen LogP contribution >= 0.6 is 11.6 Å². The molecule has 0 saturated carbocycles. The molecule has 2 heterocycles. The second-order valence-electron chi connectivity index (χ2n) is 3.59. The number of hydrogen-bond acceptors (Lipinski definition) is 5. The van der Waals surface area contributed by atoms with Crippen molar-refractivity contribution in [2.24, 2.45) is 0 Å². The summed E-state index contributed by atoms with van der Waals surface area (Å²) in [5, 5.41) is 3.61. The number of halogens is 1. The Morgan fingerprint density at radius 3 is 3.06 bits per heavy atom. The summed E-state index contributed by atoms with van der Waals surface area (Å²) in [6.07, 6.45) is 5.76. The van der Waals surface area contributed by atoms with E-state index in [-0.39, 0.29) is 0 Å². The Labute approximate surface area is 110 Å². The van der Waals surface area contributed by atoms with E-state index < -0.39 is 0 Å². The molecule has 0 saturated heterocycles. The quantitative estimate of drug-likeness (QED) is 0.899. The summed E-state index contributed by atoms with van der Waals surface area (Å²) in [5.41, 5.74) is 0. The van der Waals surface area contributed by atoms with Gasteiger partial charge in [-0.3, -0.25) is 4.98 Å². The molecule has 5 nitrogen and oxygen atoms in total. The average Bonchev–Trinajstić information content (AvgIpc) is 2.37. The van der Waals surface area contributed by atoms with Gasteiger partial charge in [-0.2, -0.15) is 4.98 Å². The van der Waals surface area contributed by atoms with Crippen molar-refractivity contribution in [1.82, 2.24) is 15.0 Å². The molecule has 2 aromatic heterocycles. The van der Waals surface area contributed by atoms with E-state index in [2.05, 4.69) is 27.2 Å². The summed E-state index contributed by atoms with van der Waals surface area (Å²) >= 11 is 5.82. The van der Waals surface area contributed by atoms with Gasteiger partial charge in [-0.25, -0.2) is 4.98 Å². The molecular weight excluding hydrogens is 252 g/mol. The lowest BCUT2D eigenvalue weighted by Gasteiger charge is -2.06. The molecule has 0 radical (unpaired) electrons. The number of anilines is 1. The van der Waals surface area contributed by atoms with Crippen LogP contribution in [-0.2, 0) is 0 Å². The number of nitrogens with one attached hydrogen (secondary N) is 1. The molecule has 0 aliphatic heterocycles. The van der Waals surface area contributed by atoms with Crippen LogP contribution in [0.3, 0.4) is 0 Å². The molecule has 0 spiro atoms. The van der Waals surface area contributed by atoms with Gasteiger partial charge in [0.25, 0.3) is 0 Å². The molecule has 0 fully saturated rings. The predicted molar refractivity (Wildman–Crippen MR) is 70.1 cm³/mol. The summed E-state index contributed by atoms with van der Waals surface area (Å²) in [5.74, 6) is 1.54. The minimum atomic E-state index is 0.452. The molecule has 1 N–H and O–H groups in total. The normalized spacial score (nSPS) is 10.1. The molecule has 0 aromatic carbocycles. The van der Waals surface area contributed by atoms with Crippen molar-refractivity contribution in [1.29, 1.82) is 0 Å². The number of rotatable bonds is 5. The maximum absolute atomic E-state index is 5.82. The van der Waals surface area contributed by atoms with Crippen molar-refractivity contribution >= 4 is 17.5 Å². The lowest BCUT2D eigenvalue weighted by Crippen LogP contribution is -2.04. The van der Waals surface area contributed by atoms with E-state index in [1.807, 2.05) is 0 Å². The highest BCUT2D eigenvalue weighted by molar-refractivity contribution is 6.30. The van der Waals surface area contributed by atoms with Crippen molar-refractivity contribution in [3.63, 3.8) is 0 Å². The third-order valence-corrected chi connectivity index (χ3v) is 2.27. The largest absolute Gasteiger partial charge is 0.437 e. The first-order valence-electron chi connectivity index (χ1n) is 5.63. The SMILES string of the molecule is CCCNc1nccc(Oc2cncc(Cl)c2)n1. The topological polar surface area (TPSA) is 59.9 Å². The minimum absolute atomic E-state index is 0.452. The second-order valence-corrected chi connectivity index (χ2v) is 4.02. The van der Waals surface area contributed by atoms with Gasteiger partial charge in [0.2, 0.25) is 11.8 Å². The number of hydrogen-bond donors (Lipinski definition) is 1. The van der Waals surface area contributed by atoms with Gasteiger partial charge in [-0.05, 0) is 6.42 Å². The van der Waals surface area contributed by atoms with Crippen molar-refractivity contribution in [2.75, 3.05) is 11.9 Å². The molecule has 0 amide bonds. The smallest absolute Gasteiger partial charge is 0.225 e. The van der Waals surface area contributed by atoms with Crippen molar-refractivity contribution in [3.8, 4) is 11.6 Å². The maximum Gasteiger partial charge on any atom is 0.225 e. The molecular formula is C12H13ClN4O. The number of pyridine rings is 1. The lowest BCUT2D eigenvalue weighted by atomic mass is 10.4. The first-order chi connectivity index (χ1) is 8.78. The van der Waals surface area contributed by atoms with Crippen molar-refractivity contribution < 1.29 is 4.74 Å². The molecule has 2 aromatic rings. The van der Waals surface area contributed by atoms with Gasteiger partial charge in [0.1, 0.15) is 5.75 Å². The Bertz CT molecular complexity index is 521. The Morgan fingerprint density at radius 1 is 1.39 bits per heavy atom. The van der Waals surface area contributed by atoms with Gasteiger partial charge in [-0.1, -0.05) is 18.5 Å². The van der Waals surface area contributed by atoms with E-state index in [9.17, 15) is 0 Å². The molecule has 0 bridgehead atoms. The summed E-state index contributed by atoms with van der Waals surface area (Å²) < 4.78 is 5.54. The standard InChI is InChI=1S/C12H13ClN4O/c1-2-4-15-12-16-5-3-11(17-12)18-10-6-9(13)7-14-8-10/h3,5-8H,2,4H2,1H3,(H,15,16,17). The summed E-state index contributed by atoms with van der Waals surface area (Å²) in [4.78, 5) is 12.2. The van der Waals surface area contributed by atoms with Crippen LogP contribution in [0.5, 0.6) is 11.6 Å². The zero-order chi connectivity index (χ0) is 12.8. The number of aromatic nitrogens is 3. The van der Waals surface area contributed by atoms with Crippen LogP contribution in [-0.4, -0.2) is 21.5 Å². The van der Waals surface area contributed by atoms with Crippen LogP contribution in [0.1, 0.15) is 13.3 Å². The van der Waals surface area contributed by atoms with E-state index in [1.165, 1.54) is 0 Å². The van der Waals surface area contributed by atoms with E-state index >= 15 is 0 Å².